The molecule has 1 amide bonds. The van der Waals surface area contributed by atoms with Crippen LogP contribution >= 0.6 is 0 Å². The second-order valence-electron chi connectivity index (χ2n) is 7.34. The summed E-state index contributed by atoms with van der Waals surface area (Å²) >= 11 is 0. The first-order chi connectivity index (χ1) is 12.6. The molecule has 0 spiro atoms. The number of rotatable bonds is 10. The van der Waals surface area contributed by atoms with Crippen molar-refractivity contribution in [2.75, 3.05) is 18.4 Å². The minimum absolute atomic E-state index is 0.275. The molecule has 1 atom stereocenters. The largest absolute Gasteiger partial charge is 0.374 e. The number of carbonyl (C=O) groups is 1. The quantitative estimate of drug-likeness (QED) is 0.289. The lowest BCUT2D eigenvalue weighted by atomic mass is 9.89. The monoisotopic (exact) mass is 365 g/mol. The summed E-state index contributed by atoms with van der Waals surface area (Å²) in [5.74, 6) is 0.0740. The van der Waals surface area contributed by atoms with E-state index in [4.69, 9.17) is 5.21 Å². The van der Waals surface area contributed by atoms with E-state index in [1.165, 1.54) is 38.2 Å². The van der Waals surface area contributed by atoms with Crippen LogP contribution in [0, 0.1) is 18.7 Å². The fraction of sp³-hybridized carbons (Fsp3) is 0.650. The molecule has 0 unspecified atom stereocenters. The Morgan fingerprint density at radius 2 is 2.04 bits per heavy atom. The molecule has 0 saturated heterocycles. The number of benzene rings is 1. The van der Waals surface area contributed by atoms with E-state index in [1.807, 2.05) is 0 Å². The number of unbranched alkanes of at least 4 members (excludes halogenated alkanes) is 1. The van der Waals surface area contributed by atoms with Gasteiger partial charge >= 0.3 is 0 Å². The normalized spacial score (nSPS) is 16.3. The average molecular weight is 365 g/mol. The molecule has 1 fully saturated rings. The fourth-order valence-electron chi connectivity index (χ4n) is 3.58. The molecule has 0 bridgehead atoms. The van der Waals surface area contributed by atoms with Gasteiger partial charge in [-0.25, -0.2) is 9.87 Å². The molecule has 6 heteroatoms. The minimum atomic E-state index is -0.539. The predicted octanol–water partition coefficient (Wildman–Crippen LogP) is 3.76. The second-order valence-corrected chi connectivity index (χ2v) is 7.34. The van der Waals surface area contributed by atoms with Crippen LogP contribution in [0.4, 0.5) is 10.1 Å². The van der Waals surface area contributed by atoms with E-state index in [0.717, 1.165) is 31.8 Å². The van der Waals surface area contributed by atoms with Gasteiger partial charge in [0.15, 0.2) is 0 Å². The number of halogens is 1. The molecule has 0 aliphatic heterocycles. The molecule has 4 N–H and O–H groups in total. The summed E-state index contributed by atoms with van der Waals surface area (Å²) in [5.41, 5.74) is 2.91. The van der Waals surface area contributed by atoms with E-state index in [0.29, 0.717) is 17.7 Å². The molecule has 0 heterocycles. The van der Waals surface area contributed by atoms with Crippen LogP contribution in [0.3, 0.4) is 0 Å². The number of carbonyl (C=O) groups excluding carboxylic acids is 1. The number of anilines is 1. The van der Waals surface area contributed by atoms with Gasteiger partial charge < -0.3 is 10.6 Å². The summed E-state index contributed by atoms with van der Waals surface area (Å²) in [7, 11) is 0. The number of hydroxylamine groups is 1. The Kier molecular flexibility index (Phi) is 8.85. The zero-order valence-corrected chi connectivity index (χ0v) is 15.7. The zero-order chi connectivity index (χ0) is 18.8. The molecule has 146 valence electrons. The topological polar surface area (TPSA) is 73.4 Å². The van der Waals surface area contributed by atoms with Gasteiger partial charge in [-0.2, -0.15) is 0 Å². The van der Waals surface area contributed by atoms with Crippen LogP contribution in [-0.4, -0.2) is 30.2 Å². The molecule has 26 heavy (non-hydrogen) atoms. The van der Waals surface area contributed by atoms with Gasteiger partial charge in [-0.15, -0.1) is 0 Å². The van der Waals surface area contributed by atoms with Crippen LogP contribution in [0.15, 0.2) is 18.2 Å². The summed E-state index contributed by atoms with van der Waals surface area (Å²) in [5, 5.41) is 15.6. The Morgan fingerprint density at radius 1 is 1.27 bits per heavy atom. The highest BCUT2D eigenvalue weighted by Crippen LogP contribution is 2.22. The molecule has 0 radical (unpaired) electrons. The first-order valence-electron chi connectivity index (χ1n) is 9.77. The maximum Gasteiger partial charge on any atom is 0.265 e. The van der Waals surface area contributed by atoms with Crippen LogP contribution < -0.4 is 16.1 Å². The summed E-state index contributed by atoms with van der Waals surface area (Å²) in [4.78, 5) is 11.9. The molecule has 5 nitrogen and oxygen atoms in total. The molecule has 1 aliphatic rings. The Labute approximate surface area is 155 Å². The maximum atomic E-state index is 13.4. The third-order valence-corrected chi connectivity index (χ3v) is 5.18. The molecular weight excluding hydrogens is 333 g/mol. The number of aryl methyl sites for hydroxylation is 1. The SMILES string of the molecule is Cc1cc(N[C@H](CCCCNCC2CCCCC2)C(=O)NO)ccc1F. The van der Waals surface area contributed by atoms with E-state index in [-0.39, 0.29) is 5.82 Å². The van der Waals surface area contributed by atoms with E-state index >= 15 is 0 Å². The number of hydrogen-bond donors (Lipinski definition) is 4. The molecule has 1 saturated carbocycles. The summed E-state index contributed by atoms with van der Waals surface area (Å²) in [6.45, 7) is 3.72. The Morgan fingerprint density at radius 3 is 2.73 bits per heavy atom. The third kappa shape index (κ3) is 6.92. The van der Waals surface area contributed by atoms with Crippen molar-refractivity contribution in [2.24, 2.45) is 5.92 Å². The lowest BCUT2D eigenvalue weighted by molar-refractivity contribution is -0.130. The van der Waals surface area contributed by atoms with E-state index < -0.39 is 11.9 Å². The van der Waals surface area contributed by atoms with Crippen LogP contribution in [-0.2, 0) is 4.79 Å². The molecular formula is C20H32FN3O2. The Balaban J connectivity index is 1.70. The van der Waals surface area contributed by atoms with Crippen molar-refractivity contribution in [1.29, 1.82) is 0 Å². The number of nitrogens with one attached hydrogen (secondary N) is 3. The van der Waals surface area contributed by atoms with Crippen LogP contribution in [0.25, 0.3) is 0 Å². The highest BCUT2D eigenvalue weighted by atomic mass is 19.1. The van der Waals surface area contributed by atoms with Gasteiger partial charge in [0.1, 0.15) is 11.9 Å². The van der Waals surface area contributed by atoms with Crippen LogP contribution in [0.5, 0.6) is 0 Å². The van der Waals surface area contributed by atoms with E-state index in [2.05, 4.69) is 10.6 Å². The number of hydrogen-bond acceptors (Lipinski definition) is 4. The highest BCUT2D eigenvalue weighted by Gasteiger charge is 2.18. The first-order valence-corrected chi connectivity index (χ1v) is 9.77. The fourth-order valence-corrected chi connectivity index (χ4v) is 3.58. The second kappa shape index (κ2) is 11.1. The van der Waals surface area contributed by atoms with Crippen molar-refractivity contribution in [2.45, 2.75) is 64.3 Å². The summed E-state index contributed by atoms with van der Waals surface area (Å²) < 4.78 is 13.4. The van der Waals surface area contributed by atoms with Crippen molar-refractivity contribution in [1.82, 2.24) is 10.8 Å². The number of amides is 1. The predicted molar refractivity (Wildman–Crippen MR) is 102 cm³/mol. The van der Waals surface area contributed by atoms with Crippen molar-refractivity contribution >= 4 is 11.6 Å². The van der Waals surface area contributed by atoms with Gasteiger partial charge in [0.25, 0.3) is 5.91 Å². The Hall–Kier alpha value is -1.66. The van der Waals surface area contributed by atoms with Crippen molar-refractivity contribution < 1.29 is 14.4 Å². The lowest BCUT2D eigenvalue weighted by Gasteiger charge is -2.22. The zero-order valence-electron chi connectivity index (χ0n) is 15.7. The van der Waals surface area contributed by atoms with Crippen molar-refractivity contribution in [3.63, 3.8) is 0 Å². The van der Waals surface area contributed by atoms with Gasteiger partial charge in [0.05, 0.1) is 0 Å². The highest BCUT2D eigenvalue weighted by molar-refractivity contribution is 5.83. The molecule has 1 aliphatic carbocycles. The lowest BCUT2D eigenvalue weighted by Crippen LogP contribution is -2.38. The maximum absolute atomic E-state index is 13.4. The molecule has 1 aromatic rings. The third-order valence-electron chi connectivity index (χ3n) is 5.18. The van der Waals surface area contributed by atoms with E-state index in [1.54, 1.807) is 24.5 Å². The summed E-state index contributed by atoms with van der Waals surface area (Å²) in [6.07, 6.45) is 9.23. The van der Waals surface area contributed by atoms with Gasteiger partial charge in [0.2, 0.25) is 0 Å². The van der Waals surface area contributed by atoms with Gasteiger partial charge in [-0.1, -0.05) is 19.3 Å². The van der Waals surface area contributed by atoms with Gasteiger partial charge in [-0.05, 0) is 81.8 Å². The minimum Gasteiger partial charge on any atom is -0.374 e. The summed E-state index contributed by atoms with van der Waals surface area (Å²) in [6, 6.07) is 4.11. The first kappa shape index (κ1) is 20.6. The average Bonchev–Trinajstić information content (AvgIpc) is 2.66. The molecule has 0 aromatic heterocycles. The van der Waals surface area contributed by atoms with Crippen LogP contribution in [0.2, 0.25) is 0 Å². The van der Waals surface area contributed by atoms with Gasteiger partial charge in [-0.3, -0.25) is 10.0 Å². The molecule has 2 rings (SSSR count). The Bertz CT molecular complexity index is 562. The molecule has 1 aromatic carbocycles. The van der Waals surface area contributed by atoms with Crippen molar-refractivity contribution in [3.8, 4) is 0 Å². The standard InChI is InChI=1S/C20H32FN3O2/c1-15-13-17(10-11-18(15)21)23-19(20(25)24-26)9-5-6-12-22-14-16-7-3-2-4-8-16/h10-11,13,16,19,22-23,26H,2-9,12,14H2,1H3,(H,24,25)/t19-/m1/s1. The van der Waals surface area contributed by atoms with E-state index in [9.17, 15) is 9.18 Å². The smallest absolute Gasteiger partial charge is 0.265 e. The van der Waals surface area contributed by atoms with Gasteiger partial charge in [0, 0.05) is 5.69 Å². The van der Waals surface area contributed by atoms with Crippen molar-refractivity contribution in [3.05, 3.63) is 29.6 Å². The van der Waals surface area contributed by atoms with Crippen LogP contribution in [0.1, 0.15) is 56.9 Å².